The maximum atomic E-state index is 11.9. The zero-order valence-corrected chi connectivity index (χ0v) is 11.6. The van der Waals surface area contributed by atoms with Gasteiger partial charge in [-0.1, -0.05) is 12.1 Å². The topological polar surface area (TPSA) is 67.4 Å². The second kappa shape index (κ2) is 4.56. The SMILES string of the molecule is CN1CCN(c2ccc(-c3cc(N)n(C)n3)cc2)C1=O. The Morgan fingerprint density at radius 3 is 2.35 bits per heavy atom. The second-order valence-electron chi connectivity index (χ2n) is 4.98. The first-order valence-electron chi connectivity index (χ1n) is 6.49. The number of carbonyl (C=O) groups excluding carboxylic acids is 1. The van der Waals surface area contributed by atoms with Crippen LogP contribution in [-0.4, -0.2) is 40.8 Å². The first-order chi connectivity index (χ1) is 9.56. The predicted molar refractivity (Wildman–Crippen MR) is 78.4 cm³/mol. The van der Waals surface area contributed by atoms with Crippen LogP contribution in [0.25, 0.3) is 11.3 Å². The quantitative estimate of drug-likeness (QED) is 0.901. The van der Waals surface area contributed by atoms with Crippen LogP contribution in [0.3, 0.4) is 0 Å². The smallest absolute Gasteiger partial charge is 0.324 e. The molecule has 1 aliphatic heterocycles. The molecule has 2 heterocycles. The first kappa shape index (κ1) is 12.5. The van der Waals surface area contributed by atoms with Gasteiger partial charge in [0, 0.05) is 44.5 Å². The fourth-order valence-electron chi connectivity index (χ4n) is 2.32. The second-order valence-corrected chi connectivity index (χ2v) is 4.98. The zero-order valence-electron chi connectivity index (χ0n) is 11.6. The molecule has 6 nitrogen and oxygen atoms in total. The summed E-state index contributed by atoms with van der Waals surface area (Å²) in [7, 11) is 3.62. The van der Waals surface area contributed by atoms with Crippen molar-refractivity contribution in [3.05, 3.63) is 30.3 Å². The molecule has 0 unspecified atom stereocenters. The van der Waals surface area contributed by atoms with Crippen LogP contribution in [0.15, 0.2) is 30.3 Å². The fourth-order valence-corrected chi connectivity index (χ4v) is 2.32. The number of carbonyl (C=O) groups is 1. The Morgan fingerprint density at radius 1 is 1.15 bits per heavy atom. The van der Waals surface area contributed by atoms with Crippen LogP contribution in [0.1, 0.15) is 0 Å². The maximum Gasteiger partial charge on any atom is 0.324 e. The van der Waals surface area contributed by atoms with Crippen molar-refractivity contribution in [2.24, 2.45) is 7.05 Å². The minimum atomic E-state index is 0.0415. The number of urea groups is 1. The molecule has 0 spiro atoms. The lowest BCUT2D eigenvalue weighted by Gasteiger charge is -2.16. The van der Waals surface area contributed by atoms with E-state index in [0.29, 0.717) is 5.82 Å². The number of rotatable bonds is 2. The summed E-state index contributed by atoms with van der Waals surface area (Å²) < 4.78 is 1.64. The average molecular weight is 271 g/mol. The molecule has 0 aliphatic carbocycles. The van der Waals surface area contributed by atoms with E-state index in [2.05, 4.69) is 5.10 Å². The summed E-state index contributed by atoms with van der Waals surface area (Å²) in [5.41, 5.74) is 8.51. The lowest BCUT2D eigenvalue weighted by atomic mass is 10.1. The van der Waals surface area contributed by atoms with Crippen LogP contribution >= 0.6 is 0 Å². The molecule has 1 aliphatic rings. The van der Waals surface area contributed by atoms with Gasteiger partial charge in [-0.3, -0.25) is 9.58 Å². The van der Waals surface area contributed by atoms with E-state index < -0.39 is 0 Å². The molecule has 2 amide bonds. The Morgan fingerprint density at radius 2 is 1.85 bits per heavy atom. The van der Waals surface area contributed by atoms with Crippen molar-refractivity contribution in [2.75, 3.05) is 30.8 Å². The number of benzene rings is 1. The van der Waals surface area contributed by atoms with Gasteiger partial charge in [0.25, 0.3) is 0 Å². The van der Waals surface area contributed by atoms with E-state index in [0.717, 1.165) is 30.0 Å². The van der Waals surface area contributed by atoms with E-state index in [1.54, 1.807) is 14.5 Å². The van der Waals surface area contributed by atoms with Crippen molar-refractivity contribution in [3.8, 4) is 11.3 Å². The van der Waals surface area contributed by atoms with Crippen molar-refractivity contribution in [2.45, 2.75) is 0 Å². The van der Waals surface area contributed by atoms with E-state index in [-0.39, 0.29) is 6.03 Å². The van der Waals surface area contributed by atoms with Gasteiger partial charge in [-0.15, -0.1) is 0 Å². The van der Waals surface area contributed by atoms with Crippen molar-refractivity contribution in [3.63, 3.8) is 0 Å². The highest BCUT2D eigenvalue weighted by atomic mass is 16.2. The number of nitrogens with two attached hydrogens (primary N) is 1. The summed E-state index contributed by atoms with van der Waals surface area (Å²) in [4.78, 5) is 15.4. The molecule has 2 aromatic rings. The lowest BCUT2D eigenvalue weighted by Crippen LogP contribution is -2.29. The predicted octanol–water partition coefficient (Wildman–Crippen LogP) is 1.54. The molecule has 20 heavy (non-hydrogen) atoms. The lowest BCUT2D eigenvalue weighted by molar-refractivity contribution is 0.229. The average Bonchev–Trinajstić information content (AvgIpc) is 2.95. The monoisotopic (exact) mass is 271 g/mol. The molecule has 1 aromatic carbocycles. The summed E-state index contributed by atoms with van der Waals surface area (Å²) in [6, 6.07) is 9.68. The molecular weight excluding hydrogens is 254 g/mol. The van der Waals surface area contributed by atoms with Crippen LogP contribution in [0.4, 0.5) is 16.3 Å². The Labute approximate surface area is 117 Å². The summed E-state index contributed by atoms with van der Waals surface area (Å²) in [6.45, 7) is 1.49. The van der Waals surface area contributed by atoms with E-state index in [9.17, 15) is 4.79 Å². The van der Waals surface area contributed by atoms with Crippen molar-refractivity contribution >= 4 is 17.5 Å². The minimum Gasteiger partial charge on any atom is -0.384 e. The van der Waals surface area contributed by atoms with E-state index >= 15 is 0 Å². The van der Waals surface area contributed by atoms with E-state index in [1.165, 1.54) is 0 Å². The molecule has 0 atom stereocenters. The summed E-state index contributed by atoms with van der Waals surface area (Å²) in [6.07, 6.45) is 0. The van der Waals surface area contributed by atoms with Crippen molar-refractivity contribution in [1.82, 2.24) is 14.7 Å². The van der Waals surface area contributed by atoms with Crippen LogP contribution < -0.4 is 10.6 Å². The van der Waals surface area contributed by atoms with Crippen LogP contribution in [-0.2, 0) is 7.05 Å². The van der Waals surface area contributed by atoms with Gasteiger partial charge in [0.1, 0.15) is 5.82 Å². The fraction of sp³-hybridized carbons (Fsp3) is 0.286. The standard InChI is InChI=1S/C14H17N5O/c1-17-7-8-19(14(17)20)11-5-3-10(4-6-11)12-9-13(15)18(2)16-12/h3-6,9H,7-8,15H2,1-2H3. The number of anilines is 2. The number of amides is 2. The third-order valence-electron chi connectivity index (χ3n) is 3.61. The van der Waals surface area contributed by atoms with Gasteiger partial charge < -0.3 is 10.6 Å². The number of likely N-dealkylation sites (N-methyl/N-ethyl adjacent to an activating group) is 1. The van der Waals surface area contributed by atoms with Gasteiger partial charge >= 0.3 is 6.03 Å². The van der Waals surface area contributed by atoms with Gasteiger partial charge in [0.15, 0.2) is 0 Å². The summed E-state index contributed by atoms with van der Waals surface area (Å²) >= 11 is 0. The third kappa shape index (κ3) is 1.99. The normalized spacial score (nSPS) is 15.2. The number of aryl methyl sites for hydroxylation is 1. The minimum absolute atomic E-state index is 0.0415. The molecule has 0 bridgehead atoms. The highest BCUT2D eigenvalue weighted by molar-refractivity contribution is 5.94. The molecular formula is C14H17N5O. The van der Waals surface area contributed by atoms with Crippen LogP contribution in [0, 0.1) is 0 Å². The Bertz CT molecular complexity index is 627. The molecule has 104 valence electrons. The van der Waals surface area contributed by atoms with Gasteiger partial charge in [-0.05, 0) is 12.1 Å². The van der Waals surface area contributed by atoms with Crippen LogP contribution in [0.2, 0.25) is 0 Å². The highest BCUT2D eigenvalue weighted by Gasteiger charge is 2.26. The van der Waals surface area contributed by atoms with Crippen molar-refractivity contribution < 1.29 is 4.79 Å². The number of nitrogens with zero attached hydrogens (tertiary/aromatic N) is 4. The Hall–Kier alpha value is -2.50. The maximum absolute atomic E-state index is 11.9. The molecule has 1 saturated heterocycles. The van der Waals surface area contributed by atoms with Gasteiger partial charge in [0.2, 0.25) is 0 Å². The Kier molecular flexibility index (Phi) is 2.85. The van der Waals surface area contributed by atoms with Crippen molar-refractivity contribution in [1.29, 1.82) is 0 Å². The van der Waals surface area contributed by atoms with Gasteiger partial charge in [-0.25, -0.2) is 4.79 Å². The van der Waals surface area contributed by atoms with E-state index in [1.807, 2.05) is 44.4 Å². The molecule has 3 rings (SSSR count). The van der Waals surface area contributed by atoms with Gasteiger partial charge in [0.05, 0.1) is 5.69 Å². The van der Waals surface area contributed by atoms with E-state index in [4.69, 9.17) is 5.73 Å². The molecule has 2 N–H and O–H groups in total. The molecule has 6 heteroatoms. The van der Waals surface area contributed by atoms with Crippen LogP contribution in [0.5, 0.6) is 0 Å². The number of hydrogen-bond donors (Lipinski definition) is 1. The third-order valence-corrected chi connectivity index (χ3v) is 3.61. The summed E-state index contributed by atoms with van der Waals surface area (Å²) in [5, 5.41) is 4.34. The molecule has 0 saturated carbocycles. The largest absolute Gasteiger partial charge is 0.384 e. The molecule has 1 fully saturated rings. The number of nitrogen functional groups attached to an aromatic ring is 1. The number of hydrogen-bond acceptors (Lipinski definition) is 3. The highest BCUT2D eigenvalue weighted by Crippen LogP contribution is 2.25. The molecule has 0 radical (unpaired) electrons. The zero-order chi connectivity index (χ0) is 14.3. The first-order valence-corrected chi connectivity index (χ1v) is 6.49. The number of aromatic nitrogens is 2. The summed E-state index contributed by atoms with van der Waals surface area (Å²) in [5.74, 6) is 0.625. The molecule has 1 aromatic heterocycles. The Balaban J connectivity index is 1.86. The van der Waals surface area contributed by atoms with Gasteiger partial charge in [-0.2, -0.15) is 5.10 Å².